The van der Waals surface area contributed by atoms with Crippen molar-refractivity contribution in [3.05, 3.63) is 152 Å². The minimum absolute atomic E-state index is 0.889. The van der Waals surface area contributed by atoms with Crippen LogP contribution in [-0.4, -0.2) is 0 Å². The molecule has 0 spiro atoms. The zero-order valence-corrected chi connectivity index (χ0v) is 24.0. The second kappa shape index (κ2) is 9.59. The number of furan rings is 1. The van der Waals surface area contributed by atoms with Gasteiger partial charge in [-0.1, -0.05) is 103 Å². The summed E-state index contributed by atoms with van der Waals surface area (Å²) in [5, 5.41) is 7.32. The maximum absolute atomic E-state index is 6.34. The molecule has 0 radical (unpaired) electrons. The third-order valence-electron chi connectivity index (χ3n) is 8.45. The zero-order chi connectivity index (χ0) is 28.3. The molecule has 0 amide bonds. The smallest absolute Gasteiger partial charge is 0.137 e. The zero-order valence-electron chi connectivity index (χ0n) is 23.2. The molecule has 0 bridgehead atoms. The summed E-state index contributed by atoms with van der Waals surface area (Å²) in [6, 6.07) is 54.3. The first kappa shape index (κ1) is 24.2. The first-order chi connectivity index (χ1) is 21.3. The molecule has 9 rings (SSSR count). The van der Waals surface area contributed by atoms with Crippen LogP contribution in [0.3, 0.4) is 0 Å². The van der Waals surface area contributed by atoms with Crippen molar-refractivity contribution in [3.63, 3.8) is 0 Å². The van der Waals surface area contributed by atoms with Crippen LogP contribution in [-0.2, 0) is 0 Å². The van der Waals surface area contributed by atoms with Gasteiger partial charge in [-0.25, -0.2) is 0 Å². The summed E-state index contributed by atoms with van der Waals surface area (Å²) in [6.45, 7) is 0. The molecule has 202 valence electrons. The van der Waals surface area contributed by atoms with E-state index in [4.69, 9.17) is 4.42 Å². The number of rotatable bonds is 4. The van der Waals surface area contributed by atoms with Crippen LogP contribution in [0.25, 0.3) is 64.0 Å². The van der Waals surface area contributed by atoms with Gasteiger partial charge in [0, 0.05) is 26.5 Å². The van der Waals surface area contributed by atoms with Crippen molar-refractivity contribution in [2.75, 3.05) is 4.90 Å². The van der Waals surface area contributed by atoms with Gasteiger partial charge in [0.25, 0.3) is 0 Å². The molecular formula is C40H25NOS. The highest BCUT2D eigenvalue weighted by Crippen LogP contribution is 2.48. The highest BCUT2D eigenvalue weighted by Gasteiger charge is 2.22. The Morgan fingerprint density at radius 1 is 0.465 bits per heavy atom. The van der Waals surface area contributed by atoms with Gasteiger partial charge in [0.1, 0.15) is 11.2 Å². The SMILES string of the molecule is c1ccc2cc(-c3ccc(N(c4cccc5c4sc4ccccc45)c4cccc5oc6ccccc6c45)cc3)ccc2c1. The van der Waals surface area contributed by atoms with Crippen LogP contribution >= 0.6 is 11.3 Å². The van der Waals surface area contributed by atoms with Gasteiger partial charge in [0.15, 0.2) is 0 Å². The van der Waals surface area contributed by atoms with E-state index in [1.165, 1.54) is 42.1 Å². The van der Waals surface area contributed by atoms with Gasteiger partial charge in [-0.05, 0) is 70.4 Å². The van der Waals surface area contributed by atoms with Gasteiger partial charge >= 0.3 is 0 Å². The summed E-state index contributed by atoms with van der Waals surface area (Å²) in [7, 11) is 0. The van der Waals surface area contributed by atoms with Crippen LogP contribution < -0.4 is 4.90 Å². The average Bonchev–Trinajstić information content (AvgIpc) is 3.64. The van der Waals surface area contributed by atoms with Gasteiger partial charge in [0.2, 0.25) is 0 Å². The quantitative estimate of drug-likeness (QED) is 0.210. The van der Waals surface area contributed by atoms with Crippen molar-refractivity contribution in [1.29, 1.82) is 0 Å². The van der Waals surface area contributed by atoms with Gasteiger partial charge in [-0.2, -0.15) is 0 Å². The van der Waals surface area contributed by atoms with Gasteiger partial charge in [-0.15, -0.1) is 11.3 Å². The number of benzene rings is 7. The fraction of sp³-hybridized carbons (Fsp3) is 0. The van der Waals surface area contributed by atoms with Crippen molar-refractivity contribution in [1.82, 2.24) is 0 Å². The standard InChI is InChI=1S/C40H25NOS/c1-2-10-28-25-29(20-19-26(28)9-1)27-21-23-30(24-22-27)41(34-14-8-17-37-39(34)33-12-3-5-16-36(33)42-37)35-15-7-13-32-31-11-4-6-18-38(31)43-40(32)35/h1-25H. The maximum Gasteiger partial charge on any atom is 0.137 e. The molecule has 0 fully saturated rings. The molecule has 9 aromatic rings. The Morgan fingerprint density at radius 3 is 2.05 bits per heavy atom. The summed E-state index contributed by atoms with van der Waals surface area (Å²) in [4.78, 5) is 2.41. The number of thiophene rings is 1. The Labute approximate surface area is 252 Å². The minimum atomic E-state index is 0.889. The van der Waals surface area contributed by atoms with E-state index in [1.807, 2.05) is 17.4 Å². The number of hydrogen-bond acceptors (Lipinski definition) is 3. The van der Waals surface area contributed by atoms with Gasteiger partial charge in [0.05, 0.1) is 21.5 Å². The van der Waals surface area contributed by atoms with Gasteiger partial charge < -0.3 is 9.32 Å². The molecule has 2 heterocycles. The molecule has 43 heavy (non-hydrogen) atoms. The lowest BCUT2D eigenvalue weighted by Crippen LogP contribution is -2.10. The average molecular weight is 568 g/mol. The predicted molar refractivity (Wildman–Crippen MR) is 184 cm³/mol. The van der Waals surface area contributed by atoms with Crippen LogP contribution in [0.15, 0.2) is 156 Å². The topological polar surface area (TPSA) is 16.4 Å². The molecule has 7 aromatic carbocycles. The van der Waals surface area contributed by atoms with E-state index in [-0.39, 0.29) is 0 Å². The van der Waals surface area contributed by atoms with Crippen LogP contribution in [0.4, 0.5) is 17.1 Å². The maximum atomic E-state index is 6.34. The Balaban J connectivity index is 1.28. The lowest BCUT2D eigenvalue weighted by atomic mass is 10.0. The summed E-state index contributed by atoms with van der Waals surface area (Å²) in [6.07, 6.45) is 0. The number of nitrogens with zero attached hydrogens (tertiary/aromatic N) is 1. The van der Waals surface area contributed by atoms with Crippen LogP contribution in [0.5, 0.6) is 0 Å². The monoisotopic (exact) mass is 567 g/mol. The summed E-state index contributed by atoms with van der Waals surface area (Å²) >= 11 is 1.85. The second-order valence-electron chi connectivity index (χ2n) is 10.9. The normalized spacial score (nSPS) is 11.7. The van der Waals surface area contributed by atoms with E-state index in [0.29, 0.717) is 0 Å². The largest absolute Gasteiger partial charge is 0.456 e. The fourth-order valence-corrected chi connectivity index (χ4v) is 7.64. The number of anilines is 3. The molecule has 0 atom stereocenters. The van der Waals surface area contributed by atoms with E-state index >= 15 is 0 Å². The molecule has 2 nitrogen and oxygen atoms in total. The molecular weight excluding hydrogens is 543 g/mol. The Hall–Kier alpha value is -5.38. The summed E-state index contributed by atoms with van der Waals surface area (Å²) < 4.78 is 8.90. The lowest BCUT2D eigenvalue weighted by Gasteiger charge is -2.27. The second-order valence-corrected chi connectivity index (χ2v) is 12.0. The van der Waals surface area contributed by atoms with Crippen LogP contribution in [0.1, 0.15) is 0 Å². The van der Waals surface area contributed by atoms with Crippen molar-refractivity contribution >= 4 is 81.3 Å². The fourth-order valence-electron chi connectivity index (χ4n) is 6.43. The highest BCUT2D eigenvalue weighted by molar-refractivity contribution is 7.26. The molecule has 0 aliphatic rings. The Bertz CT molecular complexity index is 2470. The third kappa shape index (κ3) is 3.86. The number of para-hydroxylation sites is 1. The molecule has 0 N–H and O–H groups in total. The first-order valence-electron chi connectivity index (χ1n) is 14.5. The minimum Gasteiger partial charge on any atom is -0.456 e. The highest BCUT2D eigenvalue weighted by atomic mass is 32.1. The Kier molecular flexibility index (Phi) is 5.40. The molecule has 0 saturated heterocycles. The molecule has 0 unspecified atom stereocenters. The van der Waals surface area contributed by atoms with E-state index in [2.05, 4.69) is 150 Å². The summed E-state index contributed by atoms with van der Waals surface area (Å²) in [5.74, 6) is 0. The van der Waals surface area contributed by atoms with Gasteiger partial charge in [-0.3, -0.25) is 0 Å². The van der Waals surface area contributed by atoms with E-state index in [0.717, 1.165) is 39.0 Å². The van der Waals surface area contributed by atoms with E-state index in [9.17, 15) is 0 Å². The lowest BCUT2D eigenvalue weighted by molar-refractivity contribution is 0.669. The van der Waals surface area contributed by atoms with Crippen LogP contribution in [0.2, 0.25) is 0 Å². The van der Waals surface area contributed by atoms with Crippen LogP contribution in [0, 0.1) is 0 Å². The molecule has 0 aliphatic heterocycles. The van der Waals surface area contributed by atoms with E-state index in [1.54, 1.807) is 0 Å². The van der Waals surface area contributed by atoms with Crippen molar-refractivity contribution in [2.24, 2.45) is 0 Å². The van der Waals surface area contributed by atoms with Crippen molar-refractivity contribution in [2.45, 2.75) is 0 Å². The summed E-state index contributed by atoms with van der Waals surface area (Å²) in [5.41, 5.74) is 7.57. The number of hydrogen-bond donors (Lipinski definition) is 0. The first-order valence-corrected chi connectivity index (χ1v) is 15.3. The molecule has 0 saturated carbocycles. The Morgan fingerprint density at radius 2 is 1.14 bits per heavy atom. The molecule has 2 aromatic heterocycles. The van der Waals surface area contributed by atoms with Crippen molar-refractivity contribution in [3.8, 4) is 11.1 Å². The molecule has 3 heteroatoms. The number of fused-ring (bicyclic) bond motifs is 7. The van der Waals surface area contributed by atoms with Crippen molar-refractivity contribution < 1.29 is 4.42 Å². The molecule has 0 aliphatic carbocycles. The third-order valence-corrected chi connectivity index (χ3v) is 9.66. The predicted octanol–water partition coefficient (Wildman–Crippen LogP) is 12.2. The van der Waals surface area contributed by atoms with E-state index < -0.39 is 0 Å².